The summed E-state index contributed by atoms with van der Waals surface area (Å²) in [4.78, 5) is 9.45. The number of hydrogen-bond acceptors (Lipinski definition) is 3. The fraction of sp³-hybridized carbons (Fsp3) is 0.222. The van der Waals surface area contributed by atoms with Crippen LogP contribution in [0.4, 0.5) is 0 Å². The number of para-hydroxylation sites is 2. The molecule has 0 spiro atoms. The quantitative estimate of drug-likeness (QED) is 0.794. The van der Waals surface area contributed by atoms with E-state index in [0.717, 1.165) is 28.8 Å². The Labute approximate surface area is 125 Å². The van der Waals surface area contributed by atoms with Crippen LogP contribution in [0.15, 0.2) is 54.6 Å². The molecule has 0 saturated carbocycles. The van der Waals surface area contributed by atoms with E-state index < -0.39 is 0 Å². The van der Waals surface area contributed by atoms with Crippen molar-refractivity contribution >= 4 is 11.0 Å². The van der Waals surface area contributed by atoms with Crippen LogP contribution in [-0.2, 0) is 6.42 Å². The van der Waals surface area contributed by atoms with Crippen molar-refractivity contribution in [2.75, 3.05) is 7.05 Å². The van der Waals surface area contributed by atoms with Gasteiger partial charge in [0.25, 0.3) is 0 Å². The standard InChI is InChI=1S/C18H19N3/c1-13-17(21-16-11-7-6-10-15(16)20-13)12-18(19-2)14-8-4-3-5-9-14/h3-11,18-19H,12H2,1-2H3. The number of likely N-dealkylation sites (N-methyl/N-ethyl adjacent to an activating group) is 1. The first-order valence-corrected chi connectivity index (χ1v) is 7.22. The van der Waals surface area contributed by atoms with Gasteiger partial charge >= 0.3 is 0 Å². The highest BCUT2D eigenvalue weighted by molar-refractivity contribution is 5.74. The van der Waals surface area contributed by atoms with Crippen molar-refractivity contribution in [2.24, 2.45) is 0 Å². The Morgan fingerprint density at radius 3 is 2.19 bits per heavy atom. The zero-order valence-electron chi connectivity index (χ0n) is 12.4. The first-order valence-electron chi connectivity index (χ1n) is 7.22. The maximum absolute atomic E-state index is 4.79. The molecule has 0 radical (unpaired) electrons. The van der Waals surface area contributed by atoms with Crippen LogP contribution in [0.25, 0.3) is 11.0 Å². The lowest BCUT2D eigenvalue weighted by Crippen LogP contribution is -2.20. The Morgan fingerprint density at radius 1 is 0.905 bits per heavy atom. The Balaban J connectivity index is 1.95. The second-order valence-electron chi connectivity index (χ2n) is 5.20. The van der Waals surface area contributed by atoms with E-state index in [1.54, 1.807) is 0 Å². The number of benzene rings is 2. The Bertz CT molecular complexity index is 738. The number of rotatable bonds is 4. The molecule has 0 fully saturated rings. The summed E-state index contributed by atoms with van der Waals surface area (Å²) in [7, 11) is 1.99. The van der Waals surface area contributed by atoms with Gasteiger partial charge in [-0.3, -0.25) is 0 Å². The summed E-state index contributed by atoms with van der Waals surface area (Å²) in [6.07, 6.45) is 0.837. The average Bonchev–Trinajstić information content (AvgIpc) is 2.53. The Hall–Kier alpha value is -2.26. The minimum absolute atomic E-state index is 0.250. The van der Waals surface area contributed by atoms with E-state index in [-0.39, 0.29) is 6.04 Å². The molecular weight excluding hydrogens is 258 g/mol. The number of aromatic nitrogens is 2. The van der Waals surface area contributed by atoms with Crippen LogP contribution in [0.3, 0.4) is 0 Å². The van der Waals surface area contributed by atoms with E-state index in [1.807, 2.05) is 44.3 Å². The van der Waals surface area contributed by atoms with Gasteiger partial charge in [-0.25, -0.2) is 9.97 Å². The van der Waals surface area contributed by atoms with Crippen molar-refractivity contribution in [1.29, 1.82) is 0 Å². The summed E-state index contributed by atoms with van der Waals surface area (Å²) in [5.74, 6) is 0. The molecule has 0 aliphatic heterocycles. The first-order chi connectivity index (χ1) is 10.3. The van der Waals surface area contributed by atoms with Crippen molar-refractivity contribution in [3.8, 4) is 0 Å². The molecule has 3 nitrogen and oxygen atoms in total. The molecule has 1 unspecified atom stereocenters. The zero-order valence-corrected chi connectivity index (χ0v) is 12.4. The van der Waals surface area contributed by atoms with Crippen LogP contribution in [0, 0.1) is 6.92 Å². The van der Waals surface area contributed by atoms with Gasteiger partial charge in [-0.15, -0.1) is 0 Å². The SMILES string of the molecule is CNC(Cc1nc2ccccc2nc1C)c1ccccc1. The highest BCUT2D eigenvalue weighted by Crippen LogP contribution is 2.20. The maximum Gasteiger partial charge on any atom is 0.0890 e. The van der Waals surface area contributed by atoms with Crippen LogP contribution < -0.4 is 5.32 Å². The van der Waals surface area contributed by atoms with Gasteiger partial charge in [0, 0.05) is 12.5 Å². The third-order valence-corrected chi connectivity index (χ3v) is 3.79. The van der Waals surface area contributed by atoms with Gasteiger partial charge in [-0.1, -0.05) is 42.5 Å². The molecule has 0 amide bonds. The second-order valence-corrected chi connectivity index (χ2v) is 5.20. The summed E-state index contributed by atoms with van der Waals surface area (Å²) in [6.45, 7) is 2.03. The lowest BCUT2D eigenvalue weighted by molar-refractivity contribution is 0.582. The minimum Gasteiger partial charge on any atom is -0.313 e. The molecule has 3 heteroatoms. The molecule has 1 N–H and O–H groups in total. The lowest BCUT2D eigenvalue weighted by Gasteiger charge is -2.17. The Kier molecular flexibility index (Phi) is 3.93. The van der Waals surface area contributed by atoms with Gasteiger partial charge in [-0.05, 0) is 31.7 Å². The normalized spacial score (nSPS) is 12.5. The summed E-state index contributed by atoms with van der Waals surface area (Å²) in [6, 6.07) is 18.7. The van der Waals surface area contributed by atoms with Crippen molar-refractivity contribution in [2.45, 2.75) is 19.4 Å². The largest absolute Gasteiger partial charge is 0.313 e. The van der Waals surface area contributed by atoms with Crippen LogP contribution in [0.2, 0.25) is 0 Å². The fourth-order valence-electron chi connectivity index (χ4n) is 2.58. The molecule has 0 aliphatic carbocycles. The van der Waals surface area contributed by atoms with E-state index >= 15 is 0 Å². The second kappa shape index (κ2) is 6.02. The molecule has 1 aromatic heterocycles. The number of fused-ring (bicyclic) bond motifs is 1. The van der Waals surface area contributed by atoms with Crippen molar-refractivity contribution < 1.29 is 0 Å². The predicted octanol–water partition coefficient (Wildman–Crippen LogP) is 3.44. The van der Waals surface area contributed by atoms with Gasteiger partial charge in [0.2, 0.25) is 0 Å². The molecule has 21 heavy (non-hydrogen) atoms. The summed E-state index contributed by atoms with van der Waals surface area (Å²) < 4.78 is 0. The van der Waals surface area contributed by atoms with Crippen molar-refractivity contribution in [1.82, 2.24) is 15.3 Å². The van der Waals surface area contributed by atoms with Crippen molar-refractivity contribution in [3.63, 3.8) is 0 Å². The first kappa shape index (κ1) is 13.7. The van der Waals surface area contributed by atoms with Gasteiger partial charge in [-0.2, -0.15) is 0 Å². The van der Waals surface area contributed by atoms with E-state index in [1.165, 1.54) is 5.56 Å². The molecule has 3 rings (SSSR count). The molecule has 3 aromatic rings. The van der Waals surface area contributed by atoms with Gasteiger partial charge in [0.1, 0.15) is 0 Å². The van der Waals surface area contributed by atoms with Gasteiger partial charge < -0.3 is 5.32 Å². The Morgan fingerprint density at radius 2 is 1.52 bits per heavy atom. The summed E-state index contributed by atoms with van der Waals surface area (Å²) >= 11 is 0. The average molecular weight is 277 g/mol. The molecule has 106 valence electrons. The van der Waals surface area contributed by atoms with Crippen LogP contribution in [0.5, 0.6) is 0 Å². The maximum atomic E-state index is 4.79. The van der Waals surface area contributed by atoms with E-state index in [4.69, 9.17) is 4.98 Å². The smallest absolute Gasteiger partial charge is 0.0890 e. The number of nitrogens with one attached hydrogen (secondary N) is 1. The number of hydrogen-bond donors (Lipinski definition) is 1. The minimum atomic E-state index is 0.250. The molecule has 1 heterocycles. The molecular formula is C18H19N3. The third kappa shape index (κ3) is 2.93. The highest BCUT2D eigenvalue weighted by atomic mass is 14.9. The van der Waals surface area contributed by atoms with Crippen LogP contribution in [-0.4, -0.2) is 17.0 Å². The molecule has 0 saturated heterocycles. The monoisotopic (exact) mass is 277 g/mol. The number of aryl methyl sites for hydroxylation is 1. The lowest BCUT2D eigenvalue weighted by atomic mass is 10.0. The zero-order chi connectivity index (χ0) is 14.7. The highest BCUT2D eigenvalue weighted by Gasteiger charge is 2.13. The van der Waals surface area contributed by atoms with Crippen LogP contribution in [0.1, 0.15) is 23.0 Å². The van der Waals surface area contributed by atoms with Crippen molar-refractivity contribution in [3.05, 3.63) is 71.5 Å². The summed E-state index contributed by atoms with van der Waals surface area (Å²) in [5.41, 5.74) is 5.25. The molecule has 1 atom stereocenters. The van der Waals surface area contributed by atoms with Crippen LogP contribution >= 0.6 is 0 Å². The fourth-order valence-corrected chi connectivity index (χ4v) is 2.58. The molecule has 0 bridgehead atoms. The van der Waals surface area contributed by atoms with E-state index in [2.05, 4.69) is 34.6 Å². The van der Waals surface area contributed by atoms with Gasteiger partial charge in [0.05, 0.1) is 22.4 Å². The third-order valence-electron chi connectivity index (χ3n) is 3.79. The van der Waals surface area contributed by atoms with E-state index in [0.29, 0.717) is 0 Å². The number of nitrogens with zero attached hydrogens (tertiary/aromatic N) is 2. The van der Waals surface area contributed by atoms with Gasteiger partial charge in [0.15, 0.2) is 0 Å². The predicted molar refractivity (Wildman–Crippen MR) is 86.2 cm³/mol. The van der Waals surface area contributed by atoms with E-state index in [9.17, 15) is 0 Å². The molecule has 0 aliphatic rings. The summed E-state index contributed by atoms with van der Waals surface area (Å²) in [5, 5.41) is 3.37. The topological polar surface area (TPSA) is 37.8 Å². The molecule has 2 aromatic carbocycles.